The summed E-state index contributed by atoms with van der Waals surface area (Å²) in [6.07, 6.45) is -2.79. The van der Waals surface area contributed by atoms with Crippen LogP contribution in [0.2, 0.25) is 0 Å². The molecule has 0 saturated heterocycles. The summed E-state index contributed by atoms with van der Waals surface area (Å²) in [6.45, 7) is 0.109. The van der Waals surface area contributed by atoms with E-state index in [1.165, 1.54) is 56.0 Å². The molecule has 5 rings (SSSR count). The lowest BCUT2D eigenvalue weighted by Gasteiger charge is -2.22. The van der Waals surface area contributed by atoms with Gasteiger partial charge in [-0.3, -0.25) is 9.13 Å². The Kier molecular flexibility index (Phi) is 5.82. The molecule has 2 atom stereocenters. The fourth-order valence-electron chi connectivity index (χ4n) is 5.27. The van der Waals surface area contributed by atoms with Crippen molar-refractivity contribution in [3.63, 3.8) is 0 Å². The quantitative estimate of drug-likeness (QED) is 0.322. The van der Waals surface area contributed by atoms with E-state index in [2.05, 4.69) is 25.3 Å². The molecule has 3 N–H and O–H groups in total. The number of nitrogens with zero attached hydrogens (tertiary/aromatic N) is 4. The van der Waals surface area contributed by atoms with Crippen LogP contribution in [0.5, 0.6) is 0 Å². The topological polar surface area (TPSA) is 123 Å². The number of hydrogen-bond donors (Lipinski definition) is 3. The van der Waals surface area contributed by atoms with Gasteiger partial charge in [0.1, 0.15) is 11.6 Å². The predicted molar refractivity (Wildman–Crippen MR) is 142 cm³/mol. The predicted octanol–water partition coefficient (Wildman–Crippen LogP) is 4.72. The molecule has 1 saturated carbocycles. The number of fused-ring (bicyclic) bond motifs is 2. The Morgan fingerprint density at radius 2 is 1.90 bits per heavy atom. The Labute approximate surface area is 231 Å². The van der Waals surface area contributed by atoms with E-state index in [1.54, 1.807) is 0 Å². The summed E-state index contributed by atoms with van der Waals surface area (Å²) in [4.78, 5) is 33.5. The van der Waals surface area contributed by atoms with Gasteiger partial charge < -0.3 is 20.5 Å². The number of halogens is 3. The normalized spacial score (nSPS) is 19.3. The Morgan fingerprint density at radius 1 is 1.15 bits per heavy atom. The number of imidazole rings is 1. The first-order valence-corrected chi connectivity index (χ1v) is 12.5. The van der Waals surface area contributed by atoms with E-state index in [9.17, 15) is 27.9 Å². The second-order valence-corrected chi connectivity index (χ2v) is 10.3. The molecule has 212 valence electrons. The van der Waals surface area contributed by atoms with Crippen LogP contribution in [0, 0.1) is 0 Å². The highest BCUT2D eigenvalue weighted by atomic mass is 19.4. The minimum atomic E-state index is -4.71. The highest BCUT2D eigenvalue weighted by Crippen LogP contribution is 2.38. The number of carbonyl (C=O) groups is 1. The first-order valence-electron chi connectivity index (χ1n) is 14.0. The zero-order chi connectivity index (χ0) is 31.5. The molecule has 0 bridgehead atoms. The number of rotatable bonds is 5. The van der Waals surface area contributed by atoms with Gasteiger partial charge in [0.15, 0.2) is 0 Å². The molecule has 0 radical (unpaired) electrons. The Bertz CT molecular complexity index is 1780. The third-order valence-corrected chi connectivity index (χ3v) is 7.11. The number of pyridine rings is 2. The van der Waals surface area contributed by atoms with Crippen molar-refractivity contribution >= 4 is 39.7 Å². The number of alkyl halides is 3. The number of hydrogen-bond acceptors (Lipinski definition) is 7. The van der Waals surface area contributed by atoms with E-state index in [0.717, 1.165) is 6.07 Å². The molecule has 4 aromatic rings. The molecule has 1 amide bonds. The number of benzene rings is 1. The Balaban J connectivity index is 1.58. The van der Waals surface area contributed by atoms with Gasteiger partial charge in [-0.05, 0) is 56.9 Å². The lowest BCUT2D eigenvalue weighted by atomic mass is 9.92. The molecular weight excluding hydrogens is 529 g/mol. The van der Waals surface area contributed by atoms with Crippen molar-refractivity contribution in [1.82, 2.24) is 24.4 Å². The van der Waals surface area contributed by atoms with Crippen LogP contribution >= 0.6 is 0 Å². The first kappa shape index (κ1) is 23.7. The number of methoxy groups -OCH3 is 1. The molecule has 3 heterocycles. The number of aromatic nitrogens is 4. The smallest absolute Gasteiger partial charge is 0.418 e. The maximum atomic E-state index is 13.9. The van der Waals surface area contributed by atoms with E-state index < -0.39 is 42.1 Å². The molecule has 1 fully saturated rings. The van der Waals surface area contributed by atoms with Gasteiger partial charge in [0, 0.05) is 34.6 Å². The number of amides is 1. The molecule has 1 aromatic carbocycles. The summed E-state index contributed by atoms with van der Waals surface area (Å²) in [7, 11) is 1.23. The SMILES string of the molecule is [2H]C([2H])([2H])n1c(=O)n([C@@H]2CC[C@@H](NC(=O)OC)C2)c2cc(Nc3ccc4c(C(C)(C)O)ccc(C(F)(F)F)c4n3)ncc21. The van der Waals surface area contributed by atoms with E-state index in [1.807, 2.05) is 0 Å². The van der Waals surface area contributed by atoms with Crippen LogP contribution in [0.15, 0.2) is 41.3 Å². The van der Waals surface area contributed by atoms with Crippen LogP contribution in [-0.4, -0.2) is 43.5 Å². The summed E-state index contributed by atoms with van der Waals surface area (Å²) >= 11 is 0. The Morgan fingerprint density at radius 3 is 2.58 bits per heavy atom. The molecule has 0 spiro atoms. The molecule has 3 aromatic heterocycles. The van der Waals surface area contributed by atoms with Crippen LogP contribution < -0.4 is 16.3 Å². The monoisotopic (exact) mass is 561 g/mol. The minimum Gasteiger partial charge on any atom is -0.453 e. The van der Waals surface area contributed by atoms with E-state index >= 15 is 0 Å². The number of carbonyl (C=O) groups excluding carboxylic acids is 1. The molecule has 13 heteroatoms. The largest absolute Gasteiger partial charge is 0.453 e. The fraction of sp³-hybridized carbons (Fsp3) is 0.407. The van der Waals surface area contributed by atoms with Crippen molar-refractivity contribution in [2.45, 2.75) is 57.0 Å². The number of aliphatic hydroxyl groups is 1. The van der Waals surface area contributed by atoms with Gasteiger partial charge in [-0.2, -0.15) is 13.2 Å². The fourth-order valence-corrected chi connectivity index (χ4v) is 5.27. The standard InChI is InChI=1S/C27H29F3N6O4/c1-26(2,39)17-8-9-18(27(28,29)30)23-16(17)7-10-21(34-23)33-22-12-19-20(13-31-22)35(3)25(38)36(19)15-6-5-14(11-15)32-24(37)40-4/h7-10,12-15,39H,5-6,11H2,1-4H3,(H,32,37)(H,31,33,34)/t14-,15-/m1/s1/i3D3. The highest BCUT2D eigenvalue weighted by Gasteiger charge is 2.35. The van der Waals surface area contributed by atoms with Gasteiger partial charge >= 0.3 is 18.0 Å². The van der Waals surface area contributed by atoms with Crippen molar-refractivity contribution in [1.29, 1.82) is 0 Å². The minimum absolute atomic E-state index is 0.00473. The van der Waals surface area contributed by atoms with Gasteiger partial charge in [0.05, 0.1) is 41.0 Å². The number of anilines is 2. The Hall–Kier alpha value is -4.13. The summed E-state index contributed by atoms with van der Waals surface area (Å²) < 4.78 is 72.1. The number of aryl methyl sites for hydroxylation is 1. The molecular formula is C27H29F3N6O4. The summed E-state index contributed by atoms with van der Waals surface area (Å²) in [6, 6.07) is 5.63. The second kappa shape index (κ2) is 9.81. The van der Waals surface area contributed by atoms with Crippen LogP contribution in [0.25, 0.3) is 21.9 Å². The third kappa shape index (κ3) is 4.96. The molecule has 0 aliphatic heterocycles. The van der Waals surface area contributed by atoms with Gasteiger partial charge in [0.2, 0.25) is 0 Å². The van der Waals surface area contributed by atoms with Crippen LogP contribution in [0.1, 0.15) is 54.4 Å². The second-order valence-electron chi connectivity index (χ2n) is 10.3. The van der Waals surface area contributed by atoms with Crippen molar-refractivity contribution < 1.29 is 31.9 Å². The molecule has 1 aliphatic carbocycles. The molecule has 1 aliphatic rings. The zero-order valence-corrected chi connectivity index (χ0v) is 21.8. The number of ether oxygens (including phenoxy) is 1. The average molecular weight is 562 g/mol. The van der Waals surface area contributed by atoms with E-state index in [-0.39, 0.29) is 45.2 Å². The van der Waals surface area contributed by atoms with Gasteiger partial charge in [0.25, 0.3) is 0 Å². The van der Waals surface area contributed by atoms with Crippen molar-refractivity contribution in [2.75, 3.05) is 12.4 Å². The van der Waals surface area contributed by atoms with Gasteiger partial charge in [-0.25, -0.2) is 19.6 Å². The average Bonchev–Trinajstić information content (AvgIpc) is 3.46. The van der Waals surface area contributed by atoms with Crippen LogP contribution in [0.3, 0.4) is 0 Å². The maximum absolute atomic E-state index is 13.9. The van der Waals surface area contributed by atoms with Crippen molar-refractivity contribution in [3.8, 4) is 0 Å². The van der Waals surface area contributed by atoms with Crippen molar-refractivity contribution in [3.05, 3.63) is 58.1 Å². The zero-order valence-electron chi connectivity index (χ0n) is 24.8. The summed E-state index contributed by atoms with van der Waals surface area (Å²) in [5.74, 6) is 0.107. The number of nitrogens with one attached hydrogen (secondary N) is 2. The lowest BCUT2D eigenvalue weighted by molar-refractivity contribution is -0.136. The lowest BCUT2D eigenvalue weighted by Crippen LogP contribution is -2.33. The summed E-state index contributed by atoms with van der Waals surface area (Å²) in [5.41, 5.74) is -3.03. The van der Waals surface area contributed by atoms with Crippen molar-refractivity contribution in [2.24, 2.45) is 6.98 Å². The third-order valence-electron chi connectivity index (χ3n) is 7.11. The van der Waals surface area contributed by atoms with E-state index in [4.69, 9.17) is 4.11 Å². The first-order chi connectivity index (χ1) is 20.0. The van der Waals surface area contributed by atoms with Gasteiger partial charge in [-0.1, -0.05) is 6.07 Å². The maximum Gasteiger partial charge on any atom is 0.418 e. The van der Waals surface area contributed by atoms with Crippen LogP contribution in [0.4, 0.5) is 29.6 Å². The molecule has 0 unspecified atom stereocenters. The molecule has 10 nitrogen and oxygen atoms in total. The molecule has 40 heavy (non-hydrogen) atoms. The van der Waals surface area contributed by atoms with E-state index in [0.29, 0.717) is 23.8 Å². The highest BCUT2D eigenvalue weighted by molar-refractivity contribution is 5.88. The van der Waals surface area contributed by atoms with Crippen LogP contribution in [-0.2, 0) is 23.5 Å². The summed E-state index contributed by atoms with van der Waals surface area (Å²) in [5, 5.41) is 16.2. The number of alkyl carbamates (subject to hydrolysis) is 1. The van der Waals surface area contributed by atoms with Gasteiger partial charge in [-0.15, -0.1) is 0 Å².